The molecule has 1 aromatic carbocycles. The molecule has 0 aliphatic heterocycles. The summed E-state index contributed by atoms with van der Waals surface area (Å²) in [5, 5.41) is 10.5. The number of hydrogen-bond donors (Lipinski definition) is 1. The smallest absolute Gasteiger partial charge is 0.387 e. The predicted octanol–water partition coefficient (Wildman–Crippen LogP) is 4.93. The van der Waals surface area contributed by atoms with Crippen molar-refractivity contribution in [3.63, 3.8) is 0 Å². The highest BCUT2D eigenvalue weighted by Crippen LogP contribution is 2.41. The summed E-state index contributed by atoms with van der Waals surface area (Å²) in [5.74, 6) is -0.0160. The lowest BCUT2D eigenvalue weighted by Gasteiger charge is -2.18. The first-order chi connectivity index (χ1) is 16.2. The Morgan fingerprint density at radius 2 is 2.00 bits per heavy atom. The van der Waals surface area contributed by atoms with Gasteiger partial charge >= 0.3 is 6.61 Å². The third-order valence-corrected chi connectivity index (χ3v) is 7.45. The Morgan fingerprint density at radius 3 is 2.59 bits per heavy atom. The number of nitriles is 1. The zero-order chi connectivity index (χ0) is 24.5. The number of rotatable bonds is 8. The Labute approximate surface area is 195 Å². The van der Waals surface area contributed by atoms with Crippen molar-refractivity contribution < 1.29 is 26.3 Å². The largest absolute Gasteiger partial charge is 0.435 e. The van der Waals surface area contributed by atoms with E-state index in [0.29, 0.717) is 27.9 Å². The molecule has 1 saturated carbocycles. The molecule has 4 rings (SSSR count). The van der Waals surface area contributed by atoms with Gasteiger partial charge in [0.05, 0.1) is 22.5 Å². The molecular formula is C23H23F3N4O3S. The zero-order valence-corrected chi connectivity index (χ0v) is 19.2. The molecule has 1 atom stereocenters. The number of nitrogens with zero attached hydrogens (tertiary/aromatic N) is 3. The second kappa shape index (κ2) is 9.64. The number of ether oxygens (including phenoxy) is 1. The maximum atomic E-state index is 12.8. The highest BCUT2D eigenvalue weighted by Gasteiger charge is 2.28. The van der Waals surface area contributed by atoms with Crippen LogP contribution in [0, 0.1) is 11.3 Å². The molecule has 2 aromatic heterocycles. The Hall–Kier alpha value is -3.10. The van der Waals surface area contributed by atoms with Gasteiger partial charge in [-0.2, -0.15) is 14.0 Å². The average Bonchev–Trinajstić information content (AvgIpc) is 3.43. The van der Waals surface area contributed by atoms with Gasteiger partial charge in [-0.25, -0.2) is 17.5 Å². The van der Waals surface area contributed by atoms with E-state index >= 15 is 0 Å². The zero-order valence-electron chi connectivity index (χ0n) is 18.3. The lowest BCUT2D eigenvalue weighted by Crippen LogP contribution is -2.34. The van der Waals surface area contributed by atoms with Crippen molar-refractivity contribution in [2.45, 2.75) is 56.2 Å². The summed E-state index contributed by atoms with van der Waals surface area (Å²) in [6, 6.07) is 8.63. The van der Waals surface area contributed by atoms with E-state index in [0.717, 1.165) is 31.9 Å². The number of hydrogen-bond acceptors (Lipinski definition) is 5. The standard InChI is InChI=1S/C23H23F3N4O3S/c1-14(11-24)29-34(31,32)17-7-9-20(28-13-17)22-19(12-27)18-8-6-16(33-23(25)26)10-21(18)30(22)15-4-2-3-5-15/h6-10,13-15,23,29H,2-5,11H2,1H3/t14-/m0/s1. The first kappa shape index (κ1) is 24.0. The van der Waals surface area contributed by atoms with Gasteiger partial charge in [-0.05, 0) is 44.0 Å². The maximum absolute atomic E-state index is 12.8. The molecule has 180 valence electrons. The topological polar surface area (TPSA) is 97.0 Å². The first-order valence-electron chi connectivity index (χ1n) is 10.8. The molecule has 0 amide bonds. The molecule has 3 aromatic rings. The molecule has 7 nitrogen and oxygen atoms in total. The van der Waals surface area contributed by atoms with Crippen LogP contribution in [0.25, 0.3) is 22.3 Å². The van der Waals surface area contributed by atoms with Crippen molar-refractivity contribution >= 4 is 20.9 Å². The second-order valence-corrected chi connectivity index (χ2v) is 9.97. The van der Waals surface area contributed by atoms with Crippen molar-refractivity contribution in [2.24, 2.45) is 0 Å². The van der Waals surface area contributed by atoms with Crippen LogP contribution in [-0.4, -0.2) is 37.3 Å². The van der Waals surface area contributed by atoms with Gasteiger partial charge in [0, 0.05) is 29.7 Å². The minimum atomic E-state index is -3.97. The van der Waals surface area contributed by atoms with Gasteiger partial charge in [-0.3, -0.25) is 4.98 Å². The second-order valence-electron chi connectivity index (χ2n) is 8.26. The lowest BCUT2D eigenvalue weighted by atomic mass is 10.1. The summed E-state index contributed by atoms with van der Waals surface area (Å²) in [6.45, 7) is -2.42. The summed E-state index contributed by atoms with van der Waals surface area (Å²) in [5.41, 5.74) is 1.76. The number of fused-ring (bicyclic) bond motifs is 1. The van der Waals surface area contributed by atoms with Crippen molar-refractivity contribution in [3.8, 4) is 23.2 Å². The summed E-state index contributed by atoms with van der Waals surface area (Å²) in [7, 11) is -3.97. The van der Waals surface area contributed by atoms with E-state index in [1.807, 2.05) is 4.57 Å². The molecule has 2 heterocycles. The molecule has 0 unspecified atom stereocenters. The van der Waals surface area contributed by atoms with Crippen molar-refractivity contribution in [2.75, 3.05) is 6.67 Å². The number of nitrogens with one attached hydrogen (secondary N) is 1. The molecule has 0 bridgehead atoms. The Morgan fingerprint density at radius 1 is 1.26 bits per heavy atom. The van der Waals surface area contributed by atoms with Crippen LogP contribution in [0.15, 0.2) is 41.4 Å². The molecule has 0 saturated heterocycles. The SMILES string of the molecule is C[C@@H](CF)NS(=O)(=O)c1ccc(-c2c(C#N)c3ccc(OC(F)F)cc3n2C2CCCC2)nc1. The third-order valence-electron chi connectivity index (χ3n) is 5.88. The normalized spacial score (nSPS) is 15.6. The number of alkyl halides is 3. The molecule has 11 heteroatoms. The van der Waals surface area contributed by atoms with Crippen molar-refractivity contribution in [1.29, 1.82) is 5.26 Å². The number of pyridine rings is 1. The fraction of sp³-hybridized carbons (Fsp3) is 0.391. The number of sulfonamides is 1. The van der Waals surface area contributed by atoms with E-state index in [4.69, 9.17) is 0 Å². The molecule has 0 radical (unpaired) electrons. The summed E-state index contributed by atoms with van der Waals surface area (Å²) in [6.07, 6.45) is 4.83. The van der Waals surface area contributed by atoms with Gasteiger partial charge in [-0.15, -0.1) is 0 Å². The Kier molecular flexibility index (Phi) is 6.81. The highest BCUT2D eigenvalue weighted by atomic mass is 32.2. The van der Waals surface area contributed by atoms with E-state index in [2.05, 4.69) is 20.5 Å². The van der Waals surface area contributed by atoms with Crippen molar-refractivity contribution in [1.82, 2.24) is 14.3 Å². The summed E-state index contributed by atoms with van der Waals surface area (Å²) < 4.78 is 72.0. The monoisotopic (exact) mass is 492 g/mol. The van der Waals surface area contributed by atoms with Crippen LogP contribution in [0.3, 0.4) is 0 Å². The van der Waals surface area contributed by atoms with Crippen LogP contribution in [0.4, 0.5) is 13.2 Å². The van der Waals surface area contributed by atoms with Crippen LogP contribution in [0.2, 0.25) is 0 Å². The molecular weight excluding hydrogens is 469 g/mol. The van der Waals surface area contributed by atoms with Gasteiger partial charge in [0.15, 0.2) is 0 Å². The first-order valence-corrected chi connectivity index (χ1v) is 12.3. The predicted molar refractivity (Wildman–Crippen MR) is 120 cm³/mol. The lowest BCUT2D eigenvalue weighted by molar-refractivity contribution is -0.0497. The minimum absolute atomic E-state index is 0.0160. The highest BCUT2D eigenvalue weighted by molar-refractivity contribution is 7.89. The van der Waals surface area contributed by atoms with E-state index < -0.39 is 29.4 Å². The van der Waals surface area contributed by atoms with Crippen LogP contribution < -0.4 is 9.46 Å². The third kappa shape index (κ3) is 4.60. The van der Waals surface area contributed by atoms with Crippen LogP contribution in [-0.2, 0) is 10.0 Å². The van der Waals surface area contributed by atoms with Crippen LogP contribution in [0.1, 0.15) is 44.2 Å². The quantitative estimate of drug-likeness (QED) is 0.481. The fourth-order valence-electron chi connectivity index (χ4n) is 4.42. The van der Waals surface area contributed by atoms with Crippen LogP contribution >= 0.6 is 0 Å². The molecule has 34 heavy (non-hydrogen) atoms. The van der Waals surface area contributed by atoms with Gasteiger partial charge in [0.25, 0.3) is 0 Å². The Balaban J connectivity index is 1.86. The molecule has 1 fully saturated rings. The van der Waals surface area contributed by atoms with Gasteiger partial charge in [0.1, 0.15) is 23.4 Å². The minimum Gasteiger partial charge on any atom is -0.435 e. The van der Waals surface area contributed by atoms with E-state index in [-0.39, 0.29) is 16.7 Å². The average molecular weight is 493 g/mol. The molecule has 1 aliphatic carbocycles. The molecule has 0 spiro atoms. The summed E-state index contributed by atoms with van der Waals surface area (Å²) in [4.78, 5) is 4.19. The Bertz CT molecular complexity index is 1330. The van der Waals surface area contributed by atoms with E-state index in [1.165, 1.54) is 31.2 Å². The molecule has 1 N–H and O–H groups in total. The van der Waals surface area contributed by atoms with E-state index in [9.17, 15) is 26.9 Å². The van der Waals surface area contributed by atoms with Crippen LogP contribution in [0.5, 0.6) is 5.75 Å². The number of aromatic nitrogens is 2. The van der Waals surface area contributed by atoms with Crippen molar-refractivity contribution in [3.05, 3.63) is 42.1 Å². The van der Waals surface area contributed by atoms with E-state index in [1.54, 1.807) is 6.07 Å². The summed E-state index contributed by atoms with van der Waals surface area (Å²) >= 11 is 0. The molecule has 1 aliphatic rings. The van der Waals surface area contributed by atoms with Gasteiger partial charge in [0.2, 0.25) is 10.0 Å². The fourth-order valence-corrected chi connectivity index (χ4v) is 5.58. The number of halogens is 3. The van der Waals surface area contributed by atoms with Gasteiger partial charge < -0.3 is 9.30 Å². The maximum Gasteiger partial charge on any atom is 0.387 e. The number of benzene rings is 1. The van der Waals surface area contributed by atoms with Gasteiger partial charge in [-0.1, -0.05) is 12.8 Å².